The number of carbonyl (C=O) groups excluding carboxylic acids is 1. The van der Waals surface area contributed by atoms with E-state index in [0.29, 0.717) is 27.0 Å². The molecule has 0 spiro atoms. The Morgan fingerprint density at radius 1 is 1.18 bits per heavy atom. The van der Waals surface area contributed by atoms with Crippen molar-refractivity contribution in [1.82, 2.24) is 5.43 Å². The Bertz CT molecular complexity index is 959. The Labute approximate surface area is 173 Å². The summed E-state index contributed by atoms with van der Waals surface area (Å²) in [4.78, 5) is 12.5. The fourth-order valence-corrected chi connectivity index (χ4v) is 4.10. The maximum atomic E-state index is 12.5. The number of sulfonamides is 1. The van der Waals surface area contributed by atoms with Crippen molar-refractivity contribution in [1.29, 1.82) is 0 Å². The van der Waals surface area contributed by atoms with Gasteiger partial charge in [-0.05, 0) is 43.3 Å². The molecule has 1 atom stereocenters. The Morgan fingerprint density at radius 2 is 1.75 bits per heavy atom. The Hall–Kier alpha value is -2.29. The second kappa shape index (κ2) is 9.27. The van der Waals surface area contributed by atoms with Crippen LogP contribution in [-0.2, 0) is 14.8 Å². The summed E-state index contributed by atoms with van der Waals surface area (Å²) in [6.07, 6.45) is 2.32. The smallest absolute Gasteiger partial charge is 0.263 e. The predicted molar refractivity (Wildman–Crippen MR) is 112 cm³/mol. The number of nitrogens with zero attached hydrogens (tertiary/aromatic N) is 2. The Balaban J connectivity index is 2.20. The normalized spacial score (nSPS) is 12.6. The molecule has 0 aliphatic heterocycles. The van der Waals surface area contributed by atoms with Gasteiger partial charge in [0.2, 0.25) is 10.0 Å². The first-order chi connectivity index (χ1) is 13.1. The lowest BCUT2D eigenvalue weighted by Crippen LogP contribution is -2.46. The molecule has 0 saturated carbocycles. The van der Waals surface area contributed by atoms with Crippen LogP contribution in [0.3, 0.4) is 0 Å². The van der Waals surface area contributed by atoms with Gasteiger partial charge < -0.3 is 4.74 Å². The number of halogens is 2. The summed E-state index contributed by atoms with van der Waals surface area (Å²) in [6.45, 7) is 1.46. The fourth-order valence-electron chi connectivity index (χ4n) is 2.43. The van der Waals surface area contributed by atoms with E-state index in [0.717, 1.165) is 10.6 Å². The Morgan fingerprint density at radius 3 is 2.25 bits per heavy atom. The number of hydrogen-bond acceptors (Lipinski definition) is 5. The third-order valence-corrected chi connectivity index (χ3v) is 5.68. The van der Waals surface area contributed by atoms with E-state index in [9.17, 15) is 13.2 Å². The molecule has 0 heterocycles. The molecule has 1 amide bonds. The molecule has 2 rings (SSSR count). The summed E-state index contributed by atoms with van der Waals surface area (Å²) >= 11 is 12.1. The highest BCUT2D eigenvalue weighted by atomic mass is 35.5. The van der Waals surface area contributed by atoms with Crippen LogP contribution in [0.15, 0.2) is 47.6 Å². The van der Waals surface area contributed by atoms with Gasteiger partial charge in [-0.1, -0.05) is 29.3 Å². The minimum Gasteiger partial charge on any atom is -0.497 e. The van der Waals surface area contributed by atoms with Crippen molar-refractivity contribution in [3.8, 4) is 5.75 Å². The molecule has 0 bridgehead atoms. The van der Waals surface area contributed by atoms with Crippen LogP contribution in [0.25, 0.3) is 0 Å². The molecule has 0 aliphatic rings. The zero-order chi connectivity index (χ0) is 20.9. The minimum atomic E-state index is -3.73. The molecule has 0 aliphatic carbocycles. The van der Waals surface area contributed by atoms with Crippen LogP contribution >= 0.6 is 23.2 Å². The third-order valence-electron chi connectivity index (χ3n) is 3.78. The number of methoxy groups -OCH3 is 1. The second-order valence-electron chi connectivity index (χ2n) is 5.80. The van der Waals surface area contributed by atoms with Gasteiger partial charge in [0.05, 0.1) is 35.3 Å². The zero-order valence-electron chi connectivity index (χ0n) is 15.4. The van der Waals surface area contributed by atoms with E-state index in [4.69, 9.17) is 27.9 Å². The number of anilines is 1. The molecule has 2 aromatic rings. The summed E-state index contributed by atoms with van der Waals surface area (Å²) in [5.41, 5.74) is 3.07. The van der Waals surface area contributed by atoms with Gasteiger partial charge >= 0.3 is 0 Å². The Kier molecular flexibility index (Phi) is 7.29. The van der Waals surface area contributed by atoms with Crippen LogP contribution in [0.4, 0.5) is 5.69 Å². The van der Waals surface area contributed by atoms with Crippen LogP contribution in [0.1, 0.15) is 12.5 Å². The van der Waals surface area contributed by atoms with Crippen molar-refractivity contribution in [2.45, 2.75) is 13.0 Å². The van der Waals surface area contributed by atoms with Crippen molar-refractivity contribution < 1.29 is 17.9 Å². The SMILES string of the molecule is COc1ccc(N(C(C)C(=O)NN=Cc2c(Cl)cccc2Cl)S(C)(=O)=O)cc1. The van der Waals surface area contributed by atoms with E-state index < -0.39 is 22.0 Å². The molecule has 150 valence electrons. The molecule has 1 unspecified atom stereocenters. The second-order valence-corrected chi connectivity index (χ2v) is 8.48. The van der Waals surface area contributed by atoms with Gasteiger partial charge in [-0.3, -0.25) is 9.10 Å². The molecular formula is C18H19Cl2N3O4S. The van der Waals surface area contributed by atoms with Crippen molar-refractivity contribution in [2.75, 3.05) is 17.7 Å². The highest BCUT2D eigenvalue weighted by Gasteiger charge is 2.29. The first-order valence-electron chi connectivity index (χ1n) is 8.05. The number of hydrogen-bond donors (Lipinski definition) is 1. The number of nitrogens with one attached hydrogen (secondary N) is 1. The molecule has 0 fully saturated rings. The lowest BCUT2D eigenvalue weighted by Gasteiger charge is -2.27. The van der Waals surface area contributed by atoms with Gasteiger partial charge in [-0.2, -0.15) is 5.10 Å². The van der Waals surface area contributed by atoms with Crippen LogP contribution in [-0.4, -0.2) is 39.9 Å². The highest BCUT2D eigenvalue weighted by molar-refractivity contribution is 7.92. The maximum Gasteiger partial charge on any atom is 0.263 e. The first kappa shape index (κ1) is 22.0. The molecule has 10 heteroatoms. The zero-order valence-corrected chi connectivity index (χ0v) is 17.7. The molecule has 28 heavy (non-hydrogen) atoms. The van der Waals surface area contributed by atoms with Crippen LogP contribution < -0.4 is 14.5 Å². The van der Waals surface area contributed by atoms with E-state index in [1.54, 1.807) is 42.5 Å². The summed E-state index contributed by atoms with van der Waals surface area (Å²) in [6, 6.07) is 10.2. The van der Waals surface area contributed by atoms with Gasteiger partial charge in [-0.15, -0.1) is 0 Å². The van der Waals surface area contributed by atoms with Crippen molar-refractivity contribution >= 4 is 51.0 Å². The fraction of sp³-hybridized carbons (Fsp3) is 0.222. The number of rotatable bonds is 7. The number of amides is 1. The summed E-state index contributed by atoms with van der Waals surface area (Å²) in [5.74, 6) is -0.0591. The lowest BCUT2D eigenvalue weighted by atomic mass is 10.2. The van der Waals surface area contributed by atoms with Crippen molar-refractivity contribution in [2.24, 2.45) is 5.10 Å². The van der Waals surface area contributed by atoms with E-state index in [-0.39, 0.29) is 0 Å². The van der Waals surface area contributed by atoms with Gasteiger partial charge in [0.25, 0.3) is 5.91 Å². The molecule has 1 N–H and O–H groups in total. The summed E-state index contributed by atoms with van der Waals surface area (Å²) in [7, 11) is -2.23. The van der Waals surface area contributed by atoms with Crippen molar-refractivity contribution in [3.05, 3.63) is 58.1 Å². The molecule has 2 aromatic carbocycles. The highest BCUT2D eigenvalue weighted by Crippen LogP contribution is 2.24. The van der Waals surface area contributed by atoms with Gasteiger partial charge in [0.1, 0.15) is 11.8 Å². The maximum absolute atomic E-state index is 12.5. The largest absolute Gasteiger partial charge is 0.497 e. The number of carbonyl (C=O) groups is 1. The quantitative estimate of drug-likeness (QED) is 0.524. The van der Waals surface area contributed by atoms with Gasteiger partial charge in [-0.25, -0.2) is 13.8 Å². The molecule has 0 radical (unpaired) electrons. The average molecular weight is 444 g/mol. The molecule has 7 nitrogen and oxygen atoms in total. The van der Waals surface area contributed by atoms with Crippen LogP contribution in [0, 0.1) is 0 Å². The summed E-state index contributed by atoms with van der Waals surface area (Å²) in [5, 5.41) is 4.57. The number of hydrazone groups is 1. The van der Waals surface area contributed by atoms with Gasteiger partial charge in [0, 0.05) is 5.56 Å². The number of benzene rings is 2. The van der Waals surface area contributed by atoms with E-state index >= 15 is 0 Å². The minimum absolute atomic E-state index is 0.323. The average Bonchev–Trinajstić information content (AvgIpc) is 2.63. The lowest BCUT2D eigenvalue weighted by molar-refractivity contribution is -0.121. The topological polar surface area (TPSA) is 88.1 Å². The standard InChI is InChI=1S/C18H19Cl2N3O4S/c1-12(18(24)22-21-11-15-16(19)5-4-6-17(15)20)23(28(3,25)26)13-7-9-14(27-2)10-8-13/h4-12H,1-3H3,(H,22,24). The van der Waals surface area contributed by atoms with Crippen molar-refractivity contribution in [3.63, 3.8) is 0 Å². The van der Waals surface area contributed by atoms with Crippen LogP contribution in [0.2, 0.25) is 10.0 Å². The van der Waals surface area contributed by atoms with Gasteiger partial charge in [0.15, 0.2) is 0 Å². The monoisotopic (exact) mass is 443 g/mol. The van der Waals surface area contributed by atoms with E-state index in [1.807, 2.05) is 0 Å². The van der Waals surface area contributed by atoms with E-state index in [1.165, 1.54) is 20.2 Å². The van der Waals surface area contributed by atoms with Crippen LogP contribution in [0.5, 0.6) is 5.75 Å². The summed E-state index contributed by atoms with van der Waals surface area (Å²) < 4.78 is 30.6. The van der Waals surface area contributed by atoms with E-state index in [2.05, 4.69) is 10.5 Å². The third kappa shape index (κ3) is 5.37. The molecule has 0 aromatic heterocycles. The molecule has 0 saturated heterocycles. The number of ether oxygens (including phenoxy) is 1. The molecular weight excluding hydrogens is 425 g/mol. The predicted octanol–water partition coefficient (Wildman–Crippen LogP) is 3.31. The first-order valence-corrected chi connectivity index (χ1v) is 10.7.